The van der Waals surface area contributed by atoms with Crippen LogP contribution in [-0.2, 0) is 26.2 Å². The summed E-state index contributed by atoms with van der Waals surface area (Å²) in [5, 5.41) is 2.85. The first kappa shape index (κ1) is 23.9. The molecule has 1 heterocycles. The molecule has 0 aliphatic carbocycles. The Hall–Kier alpha value is -3.73. The quantitative estimate of drug-likeness (QED) is 0.598. The summed E-state index contributed by atoms with van der Waals surface area (Å²) in [4.78, 5) is 40.1. The minimum Gasteiger partial charge on any atom is -0.497 e. The molecule has 0 aromatic heterocycles. The van der Waals surface area contributed by atoms with E-state index in [1.807, 2.05) is 36.5 Å². The summed E-state index contributed by atoms with van der Waals surface area (Å²) in [5.41, 5.74) is 1.89. The number of aliphatic imine (C=N–C) groups is 1. The molecular formula is C22H24N4O6S. The number of methoxy groups -OCH3 is 1. The SMILES string of the molecule is COc1ccc(N(CC(=O)NCc2ccc(C)cc2)S(=O)(=O)C2C(=O)NC(=O)N=C2C)cc1. The number of carbonyl (C=O) groups excluding carboxylic acids is 3. The van der Waals surface area contributed by atoms with Crippen molar-refractivity contribution in [2.24, 2.45) is 4.99 Å². The van der Waals surface area contributed by atoms with Crippen molar-refractivity contribution in [1.82, 2.24) is 10.6 Å². The Morgan fingerprint density at radius 1 is 1.09 bits per heavy atom. The zero-order valence-corrected chi connectivity index (χ0v) is 19.2. The maximum atomic E-state index is 13.5. The Balaban J connectivity index is 1.89. The van der Waals surface area contributed by atoms with Crippen molar-refractivity contribution in [1.29, 1.82) is 0 Å². The van der Waals surface area contributed by atoms with Crippen LogP contribution in [0.15, 0.2) is 53.5 Å². The number of ether oxygens (including phenoxy) is 1. The van der Waals surface area contributed by atoms with E-state index >= 15 is 0 Å². The van der Waals surface area contributed by atoms with E-state index in [-0.39, 0.29) is 17.9 Å². The lowest BCUT2D eigenvalue weighted by Crippen LogP contribution is -2.55. The number of aryl methyl sites for hydroxylation is 1. The third-order valence-corrected chi connectivity index (χ3v) is 7.09. The maximum Gasteiger partial charge on any atom is 0.347 e. The summed E-state index contributed by atoms with van der Waals surface area (Å²) in [7, 11) is -3.00. The van der Waals surface area contributed by atoms with Gasteiger partial charge in [0.1, 0.15) is 12.3 Å². The van der Waals surface area contributed by atoms with Gasteiger partial charge in [-0.05, 0) is 43.7 Å². The second kappa shape index (κ2) is 9.82. The van der Waals surface area contributed by atoms with Crippen LogP contribution in [-0.4, -0.2) is 50.9 Å². The van der Waals surface area contributed by atoms with E-state index < -0.39 is 39.7 Å². The molecule has 1 aliphatic rings. The molecule has 0 saturated carbocycles. The number of hydrogen-bond donors (Lipinski definition) is 2. The normalized spacial score (nSPS) is 16.0. The monoisotopic (exact) mass is 472 g/mol. The molecule has 0 fully saturated rings. The number of amides is 4. The van der Waals surface area contributed by atoms with Gasteiger partial charge >= 0.3 is 6.03 Å². The van der Waals surface area contributed by atoms with Crippen LogP contribution in [0.1, 0.15) is 18.1 Å². The highest BCUT2D eigenvalue weighted by Crippen LogP contribution is 2.25. The van der Waals surface area contributed by atoms with E-state index in [0.29, 0.717) is 5.75 Å². The molecule has 10 nitrogen and oxygen atoms in total. The maximum absolute atomic E-state index is 13.5. The van der Waals surface area contributed by atoms with Crippen LogP contribution >= 0.6 is 0 Å². The van der Waals surface area contributed by atoms with Crippen LogP contribution < -0.4 is 19.7 Å². The van der Waals surface area contributed by atoms with E-state index in [0.717, 1.165) is 15.4 Å². The van der Waals surface area contributed by atoms with Crippen molar-refractivity contribution in [2.45, 2.75) is 25.6 Å². The predicted octanol–water partition coefficient (Wildman–Crippen LogP) is 1.54. The fourth-order valence-corrected chi connectivity index (χ4v) is 5.04. The molecule has 33 heavy (non-hydrogen) atoms. The Kier molecular flexibility index (Phi) is 7.12. The predicted molar refractivity (Wildman–Crippen MR) is 123 cm³/mol. The number of rotatable bonds is 8. The molecule has 0 spiro atoms. The van der Waals surface area contributed by atoms with Crippen LogP contribution in [0.5, 0.6) is 5.75 Å². The zero-order valence-electron chi connectivity index (χ0n) is 18.4. The standard InChI is InChI=1S/C22H24N4O6S/c1-14-4-6-16(7-5-14)12-23-19(27)13-26(17-8-10-18(32-3)11-9-17)33(30,31)20-15(2)24-22(29)25-21(20)28/h4-11,20H,12-13H2,1-3H3,(H,23,27)(H,25,28,29). The van der Waals surface area contributed by atoms with Gasteiger partial charge in [0.05, 0.1) is 18.5 Å². The Morgan fingerprint density at radius 2 is 1.73 bits per heavy atom. The lowest BCUT2D eigenvalue weighted by Gasteiger charge is -2.29. The molecule has 1 atom stereocenters. The molecule has 0 saturated heterocycles. The van der Waals surface area contributed by atoms with Crippen LogP contribution in [0.4, 0.5) is 10.5 Å². The van der Waals surface area contributed by atoms with E-state index in [2.05, 4.69) is 10.3 Å². The lowest BCUT2D eigenvalue weighted by molar-refractivity contribution is -0.120. The lowest BCUT2D eigenvalue weighted by atomic mass is 10.1. The van der Waals surface area contributed by atoms with Gasteiger partial charge < -0.3 is 10.1 Å². The van der Waals surface area contributed by atoms with Gasteiger partial charge in [0.15, 0.2) is 5.25 Å². The number of benzene rings is 2. The summed E-state index contributed by atoms with van der Waals surface area (Å²) >= 11 is 0. The van der Waals surface area contributed by atoms with Gasteiger partial charge in [0.25, 0.3) is 15.9 Å². The molecule has 0 radical (unpaired) electrons. The summed E-state index contributed by atoms with van der Waals surface area (Å²) in [6, 6.07) is 12.6. The summed E-state index contributed by atoms with van der Waals surface area (Å²) in [6.45, 7) is 2.85. The molecule has 11 heteroatoms. The highest BCUT2D eigenvalue weighted by Gasteiger charge is 2.43. The second-order valence-corrected chi connectivity index (χ2v) is 9.38. The highest BCUT2D eigenvalue weighted by molar-refractivity contribution is 7.95. The van der Waals surface area contributed by atoms with E-state index in [4.69, 9.17) is 4.74 Å². The van der Waals surface area contributed by atoms with Crippen LogP contribution in [0, 0.1) is 6.92 Å². The van der Waals surface area contributed by atoms with Crippen molar-refractivity contribution in [3.63, 3.8) is 0 Å². The zero-order chi connectivity index (χ0) is 24.2. The molecule has 1 aliphatic heterocycles. The highest BCUT2D eigenvalue weighted by atomic mass is 32.2. The van der Waals surface area contributed by atoms with Gasteiger partial charge in [0.2, 0.25) is 5.91 Å². The third kappa shape index (κ3) is 5.55. The third-order valence-electron chi connectivity index (χ3n) is 4.99. The minimum atomic E-state index is -4.47. The van der Waals surface area contributed by atoms with Crippen molar-refractivity contribution in [2.75, 3.05) is 18.0 Å². The molecule has 1 unspecified atom stereocenters. The minimum absolute atomic E-state index is 0.152. The number of imide groups is 1. The van der Waals surface area contributed by atoms with Gasteiger partial charge in [-0.1, -0.05) is 29.8 Å². The largest absolute Gasteiger partial charge is 0.497 e. The number of nitrogens with one attached hydrogen (secondary N) is 2. The van der Waals surface area contributed by atoms with Crippen LogP contribution in [0.2, 0.25) is 0 Å². The number of anilines is 1. The molecule has 174 valence electrons. The molecule has 2 aromatic carbocycles. The van der Waals surface area contributed by atoms with Gasteiger partial charge in [0, 0.05) is 6.54 Å². The number of nitrogens with zero attached hydrogens (tertiary/aromatic N) is 2. The van der Waals surface area contributed by atoms with E-state index in [9.17, 15) is 22.8 Å². The fourth-order valence-electron chi connectivity index (χ4n) is 3.26. The summed E-state index contributed by atoms with van der Waals surface area (Å²) in [6.07, 6.45) is 0. The number of hydrogen-bond acceptors (Lipinski definition) is 6. The average molecular weight is 473 g/mol. The van der Waals surface area contributed by atoms with Crippen molar-refractivity contribution < 1.29 is 27.5 Å². The second-order valence-electron chi connectivity index (χ2n) is 7.44. The van der Waals surface area contributed by atoms with Crippen LogP contribution in [0.3, 0.4) is 0 Å². The molecule has 2 N–H and O–H groups in total. The topological polar surface area (TPSA) is 134 Å². The fraction of sp³-hybridized carbons (Fsp3) is 0.273. The number of carbonyl (C=O) groups is 3. The Labute approximate surface area is 191 Å². The first-order valence-electron chi connectivity index (χ1n) is 9.99. The molecule has 0 bridgehead atoms. The van der Waals surface area contributed by atoms with Crippen molar-refractivity contribution in [3.05, 3.63) is 59.7 Å². The molecular weight excluding hydrogens is 448 g/mol. The Bertz CT molecular complexity index is 1190. The van der Waals surface area contributed by atoms with Crippen molar-refractivity contribution in [3.8, 4) is 5.75 Å². The van der Waals surface area contributed by atoms with Crippen molar-refractivity contribution >= 4 is 39.3 Å². The number of sulfonamides is 1. The molecule has 2 aromatic rings. The van der Waals surface area contributed by atoms with E-state index in [1.165, 1.54) is 38.3 Å². The molecule has 3 rings (SSSR count). The van der Waals surface area contributed by atoms with Gasteiger partial charge in [-0.2, -0.15) is 0 Å². The van der Waals surface area contributed by atoms with Gasteiger partial charge in [-0.3, -0.25) is 19.2 Å². The average Bonchev–Trinajstić information content (AvgIpc) is 2.76. The smallest absolute Gasteiger partial charge is 0.347 e. The van der Waals surface area contributed by atoms with Crippen LogP contribution in [0.25, 0.3) is 0 Å². The van der Waals surface area contributed by atoms with Gasteiger partial charge in [-0.15, -0.1) is 0 Å². The molecule has 4 amide bonds. The van der Waals surface area contributed by atoms with E-state index in [1.54, 1.807) is 0 Å². The summed E-state index contributed by atoms with van der Waals surface area (Å²) in [5.74, 6) is -1.11. The Morgan fingerprint density at radius 3 is 2.30 bits per heavy atom. The summed E-state index contributed by atoms with van der Waals surface area (Å²) < 4.78 is 32.9. The first-order chi connectivity index (χ1) is 15.6. The number of urea groups is 1. The van der Waals surface area contributed by atoms with Gasteiger partial charge in [-0.25, -0.2) is 18.2 Å². The first-order valence-corrected chi connectivity index (χ1v) is 11.5.